The number of methoxy groups -OCH3 is 2. The van der Waals surface area contributed by atoms with Gasteiger partial charge in [0.2, 0.25) is 0 Å². The van der Waals surface area contributed by atoms with Gasteiger partial charge in [0.1, 0.15) is 19.3 Å². The zero-order valence-corrected chi connectivity index (χ0v) is 26.7. The predicted octanol–water partition coefficient (Wildman–Crippen LogP) is 4.58. The Morgan fingerprint density at radius 1 is 0.860 bits per heavy atom. The van der Waals surface area contributed by atoms with Crippen LogP contribution in [0.3, 0.4) is 0 Å². The number of carbonyl (C=O) groups excluding carboxylic acids is 4. The summed E-state index contributed by atoms with van der Waals surface area (Å²) in [6, 6.07) is 0. The van der Waals surface area contributed by atoms with Crippen LogP contribution < -0.4 is 16.0 Å². The standard InChI is InChI=1S/C30H53N3O10/c1-7-22-24(42-22)18-25(23(38-5)16-14-12-10-8-9-11-13-15-17-26(34)39-6)43-29(37)33-21-32-28(36)41-20-30(2,3)19-40-27(35)31-4/h12,14,22-25H,7-11,13,15-21H2,1-6H3,(H,31,35)(H,32,36)(H,33,37)/b14-12-. The van der Waals surface area contributed by atoms with Crippen LogP contribution in [0.1, 0.15) is 85.0 Å². The zero-order chi connectivity index (χ0) is 32.1. The second kappa shape index (κ2) is 21.6. The van der Waals surface area contributed by atoms with Gasteiger partial charge < -0.3 is 44.4 Å². The minimum absolute atomic E-state index is 0.00240. The average molecular weight is 616 g/mol. The summed E-state index contributed by atoms with van der Waals surface area (Å²) in [5, 5.41) is 7.30. The van der Waals surface area contributed by atoms with Gasteiger partial charge in [0.05, 0.1) is 32.1 Å². The van der Waals surface area contributed by atoms with Gasteiger partial charge >= 0.3 is 24.2 Å². The molecular formula is C30H53N3O10. The van der Waals surface area contributed by atoms with Crippen LogP contribution in [0.15, 0.2) is 12.2 Å². The average Bonchev–Trinajstić information content (AvgIpc) is 3.75. The van der Waals surface area contributed by atoms with Crippen LogP contribution >= 0.6 is 0 Å². The highest BCUT2D eigenvalue weighted by Gasteiger charge is 2.41. The number of ether oxygens (including phenoxy) is 6. The molecule has 248 valence electrons. The number of alkyl carbamates (subject to hydrolysis) is 3. The van der Waals surface area contributed by atoms with E-state index in [1.807, 2.05) is 13.0 Å². The Kier molecular flexibility index (Phi) is 19.1. The molecule has 0 radical (unpaired) electrons. The molecule has 4 atom stereocenters. The van der Waals surface area contributed by atoms with Crippen LogP contribution in [0.5, 0.6) is 0 Å². The number of amides is 3. The Morgan fingerprint density at radius 3 is 2.14 bits per heavy atom. The summed E-state index contributed by atoms with van der Waals surface area (Å²) in [5.74, 6) is -0.158. The van der Waals surface area contributed by atoms with Crippen LogP contribution in [-0.2, 0) is 33.2 Å². The molecule has 1 heterocycles. The lowest BCUT2D eigenvalue weighted by Crippen LogP contribution is -2.42. The number of carbonyl (C=O) groups is 4. The van der Waals surface area contributed by atoms with E-state index in [4.69, 9.17) is 23.7 Å². The second-order valence-corrected chi connectivity index (χ2v) is 11.3. The van der Waals surface area contributed by atoms with E-state index in [0.29, 0.717) is 19.3 Å². The van der Waals surface area contributed by atoms with E-state index in [1.54, 1.807) is 21.0 Å². The predicted molar refractivity (Wildman–Crippen MR) is 159 cm³/mol. The van der Waals surface area contributed by atoms with Crippen molar-refractivity contribution >= 4 is 24.2 Å². The van der Waals surface area contributed by atoms with Crippen molar-refractivity contribution in [1.29, 1.82) is 0 Å². The van der Waals surface area contributed by atoms with Gasteiger partial charge in [-0.15, -0.1) is 0 Å². The number of epoxide rings is 1. The first-order chi connectivity index (χ1) is 20.5. The molecule has 0 aromatic rings. The lowest BCUT2D eigenvalue weighted by Gasteiger charge is -2.25. The van der Waals surface area contributed by atoms with Crippen molar-refractivity contribution in [3.05, 3.63) is 12.2 Å². The molecule has 0 aliphatic carbocycles. The van der Waals surface area contributed by atoms with E-state index >= 15 is 0 Å². The van der Waals surface area contributed by atoms with E-state index in [-0.39, 0.29) is 44.2 Å². The number of hydrogen-bond donors (Lipinski definition) is 3. The Labute approximate surface area is 256 Å². The summed E-state index contributed by atoms with van der Waals surface area (Å²) in [6.07, 6.45) is 9.87. The number of rotatable bonds is 22. The van der Waals surface area contributed by atoms with Gasteiger partial charge in [-0.3, -0.25) is 4.79 Å². The maximum atomic E-state index is 12.6. The maximum absolute atomic E-state index is 12.6. The number of allylic oxidation sites excluding steroid dienone is 1. The Hall–Kier alpha value is -3.06. The van der Waals surface area contributed by atoms with Crippen LogP contribution in [0.4, 0.5) is 14.4 Å². The molecule has 1 fully saturated rings. The summed E-state index contributed by atoms with van der Waals surface area (Å²) < 4.78 is 31.9. The fraction of sp³-hybridized carbons (Fsp3) is 0.800. The second-order valence-electron chi connectivity index (χ2n) is 11.3. The molecule has 1 aliphatic rings. The Morgan fingerprint density at radius 2 is 1.51 bits per heavy atom. The third-order valence-electron chi connectivity index (χ3n) is 6.90. The van der Waals surface area contributed by atoms with E-state index in [9.17, 15) is 19.2 Å². The molecule has 0 bridgehead atoms. The quantitative estimate of drug-likeness (QED) is 0.0392. The van der Waals surface area contributed by atoms with Crippen molar-refractivity contribution in [3.8, 4) is 0 Å². The minimum Gasteiger partial charge on any atom is -0.469 e. The van der Waals surface area contributed by atoms with Gasteiger partial charge in [-0.2, -0.15) is 0 Å². The van der Waals surface area contributed by atoms with Crippen molar-refractivity contribution in [3.63, 3.8) is 0 Å². The van der Waals surface area contributed by atoms with Gasteiger partial charge in [0.25, 0.3) is 0 Å². The molecule has 3 N–H and O–H groups in total. The molecule has 0 aromatic carbocycles. The molecule has 43 heavy (non-hydrogen) atoms. The molecule has 4 unspecified atom stereocenters. The highest BCUT2D eigenvalue weighted by atomic mass is 16.6. The number of hydrogen-bond acceptors (Lipinski definition) is 10. The first-order valence-electron chi connectivity index (χ1n) is 15.1. The smallest absolute Gasteiger partial charge is 0.408 e. The summed E-state index contributed by atoms with van der Waals surface area (Å²) in [7, 11) is 4.45. The summed E-state index contributed by atoms with van der Waals surface area (Å²) >= 11 is 0. The fourth-order valence-electron chi connectivity index (χ4n) is 4.22. The molecule has 3 amide bonds. The Balaban J connectivity index is 2.42. The highest BCUT2D eigenvalue weighted by molar-refractivity contribution is 5.70. The normalized spacial score (nSPS) is 17.4. The van der Waals surface area contributed by atoms with Crippen molar-refractivity contribution in [1.82, 2.24) is 16.0 Å². The van der Waals surface area contributed by atoms with E-state index < -0.39 is 29.8 Å². The zero-order valence-electron chi connectivity index (χ0n) is 26.7. The van der Waals surface area contributed by atoms with Crippen molar-refractivity contribution in [2.75, 3.05) is 41.1 Å². The highest BCUT2D eigenvalue weighted by Crippen LogP contribution is 2.31. The monoisotopic (exact) mass is 615 g/mol. The molecule has 1 rings (SSSR count). The summed E-state index contributed by atoms with van der Waals surface area (Å²) in [6.45, 7) is 5.48. The van der Waals surface area contributed by atoms with Crippen LogP contribution in [-0.4, -0.2) is 89.8 Å². The number of nitrogens with one attached hydrogen (secondary N) is 3. The number of esters is 1. The van der Waals surface area contributed by atoms with Gasteiger partial charge in [0, 0.05) is 32.4 Å². The van der Waals surface area contributed by atoms with Gasteiger partial charge in [-0.25, -0.2) is 14.4 Å². The van der Waals surface area contributed by atoms with Gasteiger partial charge in [-0.1, -0.05) is 52.2 Å². The van der Waals surface area contributed by atoms with Crippen molar-refractivity contribution < 1.29 is 47.6 Å². The van der Waals surface area contributed by atoms with E-state index in [2.05, 4.69) is 26.8 Å². The first kappa shape index (κ1) is 38.0. The van der Waals surface area contributed by atoms with Crippen LogP contribution in [0, 0.1) is 5.41 Å². The third-order valence-corrected chi connectivity index (χ3v) is 6.90. The molecule has 0 spiro atoms. The van der Waals surface area contributed by atoms with E-state index in [0.717, 1.165) is 44.9 Å². The lowest BCUT2D eigenvalue weighted by molar-refractivity contribution is -0.140. The summed E-state index contributed by atoms with van der Waals surface area (Å²) in [4.78, 5) is 47.0. The largest absolute Gasteiger partial charge is 0.469 e. The van der Waals surface area contributed by atoms with Crippen molar-refractivity contribution in [2.45, 2.75) is 109 Å². The topological polar surface area (TPSA) is 163 Å². The number of unbranched alkanes of at least 4 members (excludes halogenated alkanes) is 5. The minimum atomic E-state index is -0.733. The molecular weight excluding hydrogens is 562 g/mol. The van der Waals surface area contributed by atoms with Gasteiger partial charge in [-0.05, 0) is 32.1 Å². The molecule has 13 nitrogen and oxygen atoms in total. The van der Waals surface area contributed by atoms with E-state index in [1.165, 1.54) is 14.2 Å². The molecule has 13 heteroatoms. The molecule has 0 saturated carbocycles. The van der Waals surface area contributed by atoms with Crippen molar-refractivity contribution in [2.24, 2.45) is 5.41 Å². The lowest BCUT2D eigenvalue weighted by atomic mass is 9.96. The SMILES string of the molecule is CCC1OC1CC(OC(=O)NCNC(=O)OCC(C)(C)COC(=O)NC)C(C/C=C\CCCCCCCC(=O)OC)OC. The Bertz CT molecular complexity index is 867. The molecule has 1 saturated heterocycles. The fourth-order valence-corrected chi connectivity index (χ4v) is 4.22. The van der Waals surface area contributed by atoms with Crippen LogP contribution in [0.25, 0.3) is 0 Å². The summed E-state index contributed by atoms with van der Waals surface area (Å²) in [5.41, 5.74) is -0.596. The molecule has 0 aromatic heterocycles. The maximum Gasteiger partial charge on any atom is 0.408 e. The van der Waals surface area contributed by atoms with Gasteiger partial charge in [0.15, 0.2) is 0 Å². The van der Waals surface area contributed by atoms with Crippen LogP contribution in [0.2, 0.25) is 0 Å². The third kappa shape index (κ3) is 18.3. The first-order valence-corrected chi connectivity index (χ1v) is 15.1. The molecule has 1 aliphatic heterocycles.